The van der Waals surface area contributed by atoms with Crippen molar-refractivity contribution in [3.63, 3.8) is 0 Å². The highest BCUT2D eigenvalue weighted by atomic mass is 16.3. The number of fused-ring (bicyclic) bond motifs is 14. The van der Waals surface area contributed by atoms with Crippen LogP contribution in [0.3, 0.4) is 0 Å². The second kappa shape index (κ2) is 10.2. The molecule has 0 radical (unpaired) electrons. The molecular formula is C46H27N3O. The van der Waals surface area contributed by atoms with Crippen molar-refractivity contribution in [2.75, 3.05) is 0 Å². The Balaban J connectivity index is 1.30. The lowest BCUT2D eigenvalue weighted by atomic mass is 9.69. The second-order valence-electron chi connectivity index (χ2n) is 13.1. The molecule has 0 atom stereocenters. The zero-order chi connectivity index (χ0) is 32.8. The lowest BCUT2D eigenvalue weighted by Crippen LogP contribution is -2.26. The molecule has 0 saturated carbocycles. The topological polar surface area (TPSA) is 51.8 Å². The quantitative estimate of drug-likeness (QED) is 0.193. The summed E-state index contributed by atoms with van der Waals surface area (Å²) in [6, 6.07) is 57.6. The van der Waals surface area contributed by atoms with E-state index in [4.69, 9.17) is 19.4 Å². The third kappa shape index (κ3) is 3.57. The number of hydrogen-bond acceptors (Lipinski definition) is 4. The monoisotopic (exact) mass is 637 g/mol. The van der Waals surface area contributed by atoms with E-state index in [9.17, 15) is 0 Å². The minimum Gasteiger partial charge on any atom is -0.455 e. The van der Waals surface area contributed by atoms with Crippen molar-refractivity contribution in [1.82, 2.24) is 15.0 Å². The van der Waals surface area contributed by atoms with Crippen molar-refractivity contribution < 1.29 is 4.42 Å². The molecule has 0 saturated heterocycles. The summed E-state index contributed by atoms with van der Waals surface area (Å²) < 4.78 is 6.79. The molecule has 232 valence electrons. The van der Waals surface area contributed by atoms with Crippen molar-refractivity contribution in [2.45, 2.75) is 5.41 Å². The molecule has 0 aliphatic heterocycles. The van der Waals surface area contributed by atoms with Crippen LogP contribution in [0.2, 0.25) is 0 Å². The molecule has 0 unspecified atom stereocenters. The first-order chi connectivity index (χ1) is 24.8. The SMILES string of the molecule is c1ccc(-c2nc(-c3ccccc3)nc(-c3cccc4c3C3(c5ccccc5-c5ccccc53)c3ccc5c(oc6ccccc65)c3-4)n2)cc1. The molecule has 50 heavy (non-hydrogen) atoms. The summed E-state index contributed by atoms with van der Waals surface area (Å²) in [5, 5.41) is 2.24. The van der Waals surface area contributed by atoms with Crippen LogP contribution in [-0.4, -0.2) is 15.0 Å². The Labute approximate surface area is 288 Å². The van der Waals surface area contributed by atoms with E-state index < -0.39 is 5.41 Å². The van der Waals surface area contributed by atoms with Crippen LogP contribution < -0.4 is 0 Å². The van der Waals surface area contributed by atoms with Gasteiger partial charge in [-0.3, -0.25) is 0 Å². The van der Waals surface area contributed by atoms with Gasteiger partial charge in [0.05, 0.1) is 5.41 Å². The molecule has 0 bridgehead atoms. The number of para-hydroxylation sites is 1. The average molecular weight is 638 g/mol. The Morgan fingerprint density at radius 2 is 0.920 bits per heavy atom. The molecule has 2 aliphatic carbocycles. The van der Waals surface area contributed by atoms with Crippen LogP contribution in [0, 0.1) is 0 Å². The van der Waals surface area contributed by atoms with Crippen LogP contribution in [0.5, 0.6) is 0 Å². The summed E-state index contributed by atoms with van der Waals surface area (Å²) in [4.78, 5) is 15.5. The van der Waals surface area contributed by atoms with E-state index in [1.807, 2.05) is 42.5 Å². The fraction of sp³-hybridized carbons (Fsp3) is 0.0217. The molecule has 2 aliphatic rings. The summed E-state index contributed by atoms with van der Waals surface area (Å²) in [6.45, 7) is 0. The van der Waals surface area contributed by atoms with E-state index in [-0.39, 0.29) is 0 Å². The number of furan rings is 1. The van der Waals surface area contributed by atoms with Gasteiger partial charge in [0.1, 0.15) is 11.2 Å². The lowest BCUT2D eigenvalue weighted by molar-refractivity contribution is 0.669. The molecule has 0 amide bonds. The van der Waals surface area contributed by atoms with Gasteiger partial charge >= 0.3 is 0 Å². The zero-order valence-corrected chi connectivity index (χ0v) is 26.8. The first-order valence-electron chi connectivity index (χ1n) is 17.0. The maximum Gasteiger partial charge on any atom is 0.164 e. The molecule has 0 fully saturated rings. The van der Waals surface area contributed by atoms with Crippen molar-refractivity contribution in [1.29, 1.82) is 0 Å². The molecule has 2 heterocycles. The Bertz CT molecular complexity index is 2720. The molecule has 11 rings (SSSR count). The average Bonchev–Trinajstić information content (AvgIpc) is 3.82. The third-order valence-electron chi connectivity index (χ3n) is 10.6. The normalized spacial score (nSPS) is 13.4. The molecular weight excluding hydrogens is 611 g/mol. The molecule has 9 aromatic rings. The smallest absolute Gasteiger partial charge is 0.164 e. The maximum atomic E-state index is 6.79. The summed E-state index contributed by atoms with van der Waals surface area (Å²) in [5.74, 6) is 1.93. The van der Waals surface area contributed by atoms with E-state index in [0.717, 1.165) is 49.8 Å². The third-order valence-corrected chi connectivity index (χ3v) is 10.6. The standard InChI is InChI=1S/C46H27N3O/c1-3-14-28(15-4-1)43-47-44(29-16-5-2-6-17-29)49-45(48-43)35-22-13-21-34-40-38(27-26-33-32-20-9-12-25-39(32)50-42(33)40)46(41(34)35)36-23-10-7-18-30(36)31-19-8-11-24-37(31)46/h1-27H. The highest BCUT2D eigenvalue weighted by Crippen LogP contribution is 2.65. The van der Waals surface area contributed by atoms with Gasteiger partial charge in [-0.15, -0.1) is 0 Å². The van der Waals surface area contributed by atoms with Crippen LogP contribution in [0.15, 0.2) is 168 Å². The molecule has 2 aromatic heterocycles. The molecule has 1 spiro atoms. The van der Waals surface area contributed by atoms with Crippen LogP contribution in [0.4, 0.5) is 0 Å². The Kier molecular flexibility index (Phi) is 5.56. The van der Waals surface area contributed by atoms with Gasteiger partial charge in [0.15, 0.2) is 17.5 Å². The zero-order valence-electron chi connectivity index (χ0n) is 26.8. The van der Waals surface area contributed by atoms with Crippen molar-refractivity contribution >= 4 is 21.9 Å². The lowest BCUT2D eigenvalue weighted by Gasteiger charge is -2.31. The minimum absolute atomic E-state index is 0.617. The van der Waals surface area contributed by atoms with Gasteiger partial charge in [-0.1, -0.05) is 158 Å². The van der Waals surface area contributed by atoms with Gasteiger partial charge in [-0.05, 0) is 45.0 Å². The van der Waals surface area contributed by atoms with Crippen LogP contribution >= 0.6 is 0 Å². The van der Waals surface area contributed by atoms with E-state index >= 15 is 0 Å². The molecule has 0 N–H and O–H groups in total. The first-order valence-corrected chi connectivity index (χ1v) is 17.0. The van der Waals surface area contributed by atoms with Crippen molar-refractivity contribution in [3.8, 4) is 56.4 Å². The van der Waals surface area contributed by atoms with Crippen molar-refractivity contribution in [2.24, 2.45) is 0 Å². The van der Waals surface area contributed by atoms with Crippen LogP contribution in [0.1, 0.15) is 22.3 Å². The van der Waals surface area contributed by atoms with Crippen LogP contribution in [0.25, 0.3) is 78.4 Å². The summed E-state index contributed by atoms with van der Waals surface area (Å²) in [7, 11) is 0. The largest absolute Gasteiger partial charge is 0.455 e. The fourth-order valence-electron chi connectivity index (χ4n) is 8.58. The van der Waals surface area contributed by atoms with Gasteiger partial charge in [-0.25, -0.2) is 15.0 Å². The van der Waals surface area contributed by atoms with Gasteiger partial charge in [-0.2, -0.15) is 0 Å². The molecule has 4 heteroatoms. The van der Waals surface area contributed by atoms with Gasteiger partial charge < -0.3 is 4.42 Å². The Hall–Kier alpha value is -6.65. The number of rotatable bonds is 3. The Morgan fingerprint density at radius 3 is 1.60 bits per heavy atom. The van der Waals surface area contributed by atoms with Crippen LogP contribution in [-0.2, 0) is 5.41 Å². The van der Waals surface area contributed by atoms with Gasteiger partial charge in [0.25, 0.3) is 0 Å². The number of benzene rings is 7. The molecule has 4 nitrogen and oxygen atoms in total. The van der Waals surface area contributed by atoms with E-state index in [0.29, 0.717) is 17.5 Å². The van der Waals surface area contributed by atoms with Gasteiger partial charge in [0.2, 0.25) is 0 Å². The highest BCUT2D eigenvalue weighted by molar-refractivity contribution is 6.13. The second-order valence-corrected chi connectivity index (χ2v) is 13.1. The van der Waals surface area contributed by atoms with E-state index in [2.05, 4.69) is 121 Å². The summed E-state index contributed by atoms with van der Waals surface area (Å²) >= 11 is 0. The number of hydrogen-bond donors (Lipinski definition) is 0. The Morgan fingerprint density at radius 1 is 0.380 bits per heavy atom. The summed E-state index contributed by atoms with van der Waals surface area (Å²) in [5.41, 5.74) is 13.7. The van der Waals surface area contributed by atoms with E-state index in [1.54, 1.807) is 0 Å². The highest BCUT2D eigenvalue weighted by Gasteiger charge is 2.53. The molecule has 7 aromatic carbocycles. The predicted octanol–water partition coefficient (Wildman–Crippen LogP) is 11.1. The minimum atomic E-state index is -0.617. The van der Waals surface area contributed by atoms with E-state index in [1.165, 1.54) is 33.4 Å². The van der Waals surface area contributed by atoms with Crippen molar-refractivity contribution in [3.05, 3.63) is 186 Å². The fourth-order valence-corrected chi connectivity index (χ4v) is 8.58. The number of aromatic nitrogens is 3. The first kappa shape index (κ1) is 27.3. The predicted molar refractivity (Wildman–Crippen MR) is 200 cm³/mol. The maximum absolute atomic E-state index is 6.79. The summed E-state index contributed by atoms with van der Waals surface area (Å²) in [6.07, 6.45) is 0. The van der Waals surface area contributed by atoms with Gasteiger partial charge in [0, 0.05) is 33.0 Å². The number of nitrogens with zero attached hydrogens (tertiary/aromatic N) is 3.